The Balaban J connectivity index is 2.31. The van der Waals surface area contributed by atoms with Gasteiger partial charge in [0.2, 0.25) is 0 Å². The fraction of sp³-hybridized carbons (Fsp3) is 0.167. The Hall–Kier alpha value is -2.70. The third-order valence-corrected chi connectivity index (χ3v) is 2.83. The average molecular weight is 260 g/mol. The fourth-order valence-corrected chi connectivity index (χ4v) is 1.64. The first-order valence-electron chi connectivity index (χ1n) is 5.54. The second-order valence-corrected chi connectivity index (χ2v) is 4.00. The number of carbonyl (C=O) groups excluding carboxylic acids is 1. The largest absolute Gasteiger partial charge is 0.319 e. The number of hydrogen-bond donors (Lipinski definition) is 1. The van der Waals surface area contributed by atoms with Crippen LogP contribution >= 0.6 is 0 Å². The molecule has 1 aromatic carbocycles. The number of benzene rings is 1. The zero-order chi connectivity index (χ0) is 14.0. The molecule has 0 radical (unpaired) electrons. The Labute approximate surface area is 109 Å². The molecular weight excluding hydrogens is 248 g/mol. The lowest BCUT2D eigenvalue weighted by molar-refractivity contribution is -0.385. The normalized spacial score (nSPS) is 10.2. The maximum absolute atomic E-state index is 12.0. The zero-order valence-corrected chi connectivity index (χ0v) is 10.5. The van der Waals surface area contributed by atoms with E-state index in [1.807, 2.05) is 0 Å². The molecule has 1 aromatic heterocycles. The van der Waals surface area contributed by atoms with E-state index in [1.165, 1.54) is 24.4 Å². The van der Waals surface area contributed by atoms with E-state index in [0.29, 0.717) is 5.69 Å². The van der Waals surface area contributed by atoms with Crippen molar-refractivity contribution in [3.8, 4) is 0 Å². The maximum atomic E-state index is 12.0. The molecule has 0 saturated carbocycles. The summed E-state index contributed by atoms with van der Waals surface area (Å²) in [5, 5.41) is 17.5. The van der Waals surface area contributed by atoms with Gasteiger partial charge in [-0.2, -0.15) is 5.10 Å². The third kappa shape index (κ3) is 2.44. The number of nitro benzene ring substituents is 1. The minimum atomic E-state index is -0.578. The lowest BCUT2D eigenvalue weighted by Crippen LogP contribution is -2.14. The summed E-state index contributed by atoms with van der Waals surface area (Å²) in [5.41, 5.74) is 1.11. The van der Waals surface area contributed by atoms with Gasteiger partial charge in [0.15, 0.2) is 0 Å². The predicted molar refractivity (Wildman–Crippen MR) is 69.0 cm³/mol. The van der Waals surface area contributed by atoms with Gasteiger partial charge in [-0.1, -0.05) is 12.1 Å². The molecule has 19 heavy (non-hydrogen) atoms. The highest BCUT2D eigenvalue weighted by Crippen LogP contribution is 2.20. The van der Waals surface area contributed by atoms with Gasteiger partial charge in [-0.25, -0.2) is 0 Å². The number of aryl methyl sites for hydroxylation is 1. The van der Waals surface area contributed by atoms with Crippen molar-refractivity contribution >= 4 is 17.3 Å². The van der Waals surface area contributed by atoms with Gasteiger partial charge in [0.1, 0.15) is 5.56 Å². The van der Waals surface area contributed by atoms with Gasteiger partial charge in [0.25, 0.3) is 11.6 Å². The number of nitrogens with one attached hydrogen (secondary N) is 1. The van der Waals surface area contributed by atoms with Crippen molar-refractivity contribution in [2.45, 2.75) is 6.92 Å². The summed E-state index contributed by atoms with van der Waals surface area (Å²) in [6, 6.07) is 5.81. The first kappa shape index (κ1) is 12.7. The molecule has 0 aliphatic heterocycles. The Morgan fingerprint density at radius 3 is 2.68 bits per heavy atom. The maximum Gasteiger partial charge on any atom is 0.282 e. The van der Waals surface area contributed by atoms with Crippen molar-refractivity contribution in [3.05, 3.63) is 51.8 Å². The number of nitro groups is 1. The fourth-order valence-electron chi connectivity index (χ4n) is 1.64. The monoisotopic (exact) mass is 260 g/mol. The summed E-state index contributed by atoms with van der Waals surface area (Å²) < 4.78 is 1.61. The predicted octanol–water partition coefficient (Wildman–Crippen LogP) is 1.89. The van der Waals surface area contributed by atoms with Crippen LogP contribution in [0.15, 0.2) is 30.5 Å². The number of hydrogen-bond acceptors (Lipinski definition) is 4. The van der Waals surface area contributed by atoms with Crippen LogP contribution in [0.3, 0.4) is 0 Å². The summed E-state index contributed by atoms with van der Waals surface area (Å²) in [4.78, 5) is 22.3. The highest BCUT2D eigenvalue weighted by Gasteiger charge is 2.20. The number of carbonyl (C=O) groups is 1. The Morgan fingerprint density at radius 1 is 1.42 bits per heavy atom. The SMILES string of the molecule is Cc1c(NC(=O)c2ccccc2[N+](=O)[O-])cnn1C. The summed E-state index contributed by atoms with van der Waals surface area (Å²) >= 11 is 0. The van der Waals surface area contributed by atoms with Crippen molar-refractivity contribution in [2.75, 3.05) is 5.32 Å². The van der Waals surface area contributed by atoms with Crippen LogP contribution < -0.4 is 5.32 Å². The molecule has 0 aliphatic rings. The van der Waals surface area contributed by atoms with Crippen LogP contribution in [0.25, 0.3) is 0 Å². The van der Waals surface area contributed by atoms with E-state index in [1.54, 1.807) is 24.7 Å². The highest BCUT2D eigenvalue weighted by molar-refractivity contribution is 6.07. The molecule has 0 unspecified atom stereocenters. The van der Waals surface area contributed by atoms with E-state index in [0.717, 1.165) is 5.69 Å². The summed E-state index contributed by atoms with van der Waals surface area (Å²) in [6.07, 6.45) is 1.50. The first-order valence-corrected chi connectivity index (χ1v) is 5.54. The molecule has 0 aliphatic carbocycles. The Morgan fingerprint density at radius 2 is 2.11 bits per heavy atom. The lowest BCUT2D eigenvalue weighted by Gasteiger charge is -2.05. The van der Waals surface area contributed by atoms with Crippen LogP contribution in [-0.2, 0) is 7.05 Å². The van der Waals surface area contributed by atoms with E-state index in [9.17, 15) is 14.9 Å². The molecule has 1 amide bonds. The number of para-hydroxylation sites is 1. The molecule has 1 N–H and O–H groups in total. The molecule has 0 spiro atoms. The van der Waals surface area contributed by atoms with Crippen molar-refractivity contribution in [3.63, 3.8) is 0 Å². The second kappa shape index (κ2) is 4.89. The highest BCUT2D eigenvalue weighted by atomic mass is 16.6. The molecule has 0 atom stereocenters. The average Bonchev–Trinajstić information content (AvgIpc) is 2.70. The molecule has 2 aromatic rings. The molecule has 2 rings (SSSR count). The van der Waals surface area contributed by atoms with E-state index >= 15 is 0 Å². The van der Waals surface area contributed by atoms with Crippen LogP contribution in [0.4, 0.5) is 11.4 Å². The first-order chi connectivity index (χ1) is 9.00. The van der Waals surface area contributed by atoms with Crippen molar-refractivity contribution in [2.24, 2.45) is 7.05 Å². The molecule has 0 bridgehead atoms. The number of rotatable bonds is 3. The van der Waals surface area contributed by atoms with Crippen LogP contribution in [-0.4, -0.2) is 20.6 Å². The van der Waals surface area contributed by atoms with Gasteiger partial charge >= 0.3 is 0 Å². The van der Waals surface area contributed by atoms with Gasteiger partial charge in [-0.05, 0) is 13.0 Å². The number of aromatic nitrogens is 2. The Kier molecular flexibility index (Phi) is 3.28. The van der Waals surface area contributed by atoms with E-state index in [4.69, 9.17) is 0 Å². The van der Waals surface area contributed by atoms with Gasteiger partial charge < -0.3 is 5.32 Å². The zero-order valence-electron chi connectivity index (χ0n) is 10.5. The summed E-state index contributed by atoms with van der Waals surface area (Å²) in [6.45, 7) is 1.79. The van der Waals surface area contributed by atoms with Gasteiger partial charge in [-0.3, -0.25) is 19.6 Å². The van der Waals surface area contributed by atoms with Crippen LogP contribution in [0.5, 0.6) is 0 Å². The van der Waals surface area contributed by atoms with Crippen molar-refractivity contribution in [1.29, 1.82) is 0 Å². The van der Waals surface area contributed by atoms with Crippen LogP contribution in [0.1, 0.15) is 16.1 Å². The quantitative estimate of drug-likeness (QED) is 0.674. The summed E-state index contributed by atoms with van der Waals surface area (Å²) in [7, 11) is 1.75. The number of nitrogens with zero attached hydrogens (tertiary/aromatic N) is 3. The lowest BCUT2D eigenvalue weighted by atomic mass is 10.1. The molecule has 0 fully saturated rings. The van der Waals surface area contributed by atoms with E-state index in [2.05, 4.69) is 10.4 Å². The van der Waals surface area contributed by atoms with E-state index < -0.39 is 10.8 Å². The van der Waals surface area contributed by atoms with Crippen molar-refractivity contribution < 1.29 is 9.72 Å². The molecule has 1 heterocycles. The minimum absolute atomic E-state index is 0.0238. The molecule has 98 valence electrons. The molecule has 7 nitrogen and oxygen atoms in total. The van der Waals surface area contributed by atoms with Gasteiger partial charge in [-0.15, -0.1) is 0 Å². The number of anilines is 1. The molecular formula is C12H12N4O3. The standard InChI is InChI=1S/C12H12N4O3/c1-8-10(7-13-15(8)2)14-12(17)9-5-3-4-6-11(9)16(18)19/h3-7H,1-2H3,(H,14,17). The summed E-state index contributed by atoms with van der Waals surface area (Å²) in [5.74, 6) is -0.525. The Bertz CT molecular complexity index is 648. The smallest absolute Gasteiger partial charge is 0.282 e. The molecule has 7 heteroatoms. The second-order valence-electron chi connectivity index (χ2n) is 4.00. The topological polar surface area (TPSA) is 90.1 Å². The molecule has 0 saturated heterocycles. The van der Waals surface area contributed by atoms with E-state index in [-0.39, 0.29) is 11.3 Å². The van der Waals surface area contributed by atoms with Gasteiger partial charge in [0, 0.05) is 13.1 Å². The van der Waals surface area contributed by atoms with Gasteiger partial charge in [0.05, 0.1) is 22.5 Å². The minimum Gasteiger partial charge on any atom is -0.319 e. The van der Waals surface area contributed by atoms with Crippen LogP contribution in [0.2, 0.25) is 0 Å². The van der Waals surface area contributed by atoms with Crippen LogP contribution in [0, 0.1) is 17.0 Å². The number of amides is 1. The third-order valence-electron chi connectivity index (χ3n) is 2.83. The van der Waals surface area contributed by atoms with Crippen molar-refractivity contribution in [1.82, 2.24) is 9.78 Å².